The summed E-state index contributed by atoms with van der Waals surface area (Å²) < 4.78 is 5.18. The van der Waals surface area contributed by atoms with Gasteiger partial charge < -0.3 is 14.5 Å². The van der Waals surface area contributed by atoms with Gasteiger partial charge in [0.2, 0.25) is 5.91 Å². The summed E-state index contributed by atoms with van der Waals surface area (Å²) in [7, 11) is 3.88. The van der Waals surface area contributed by atoms with Gasteiger partial charge in [0.1, 0.15) is 5.75 Å². The molecule has 2 atom stereocenters. The average molecular weight is 316 g/mol. The van der Waals surface area contributed by atoms with Gasteiger partial charge in [-0.1, -0.05) is 12.1 Å². The van der Waals surface area contributed by atoms with E-state index in [1.165, 1.54) is 31.4 Å². The molecule has 0 bridgehead atoms. The van der Waals surface area contributed by atoms with Gasteiger partial charge in [-0.05, 0) is 63.4 Å². The van der Waals surface area contributed by atoms with Crippen molar-refractivity contribution >= 4 is 5.91 Å². The molecule has 2 fully saturated rings. The van der Waals surface area contributed by atoms with Crippen LogP contribution in [0.25, 0.3) is 0 Å². The van der Waals surface area contributed by atoms with Gasteiger partial charge in [-0.25, -0.2) is 0 Å². The van der Waals surface area contributed by atoms with Crippen molar-refractivity contribution in [2.45, 2.75) is 50.6 Å². The monoisotopic (exact) mass is 316 g/mol. The number of hydrogen-bond acceptors (Lipinski definition) is 3. The van der Waals surface area contributed by atoms with Crippen LogP contribution in [0.2, 0.25) is 0 Å². The second-order valence-electron chi connectivity index (χ2n) is 6.83. The number of benzene rings is 1. The summed E-state index contributed by atoms with van der Waals surface area (Å²) in [5.41, 5.74) is 1.20. The van der Waals surface area contributed by atoms with E-state index in [-0.39, 0.29) is 0 Å². The number of carbonyl (C=O) groups excluding carboxylic acids is 1. The van der Waals surface area contributed by atoms with Crippen LogP contribution in [0.15, 0.2) is 24.3 Å². The molecule has 3 rings (SSSR count). The van der Waals surface area contributed by atoms with Crippen molar-refractivity contribution in [1.29, 1.82) is 0 Å². The molecule has 2 unspecified atom stereocenters. The molecule has 23 heavy (non-hydrogen) atoms. The highest BCUT2D eigenvalue weighted by Gasteiger charge is 2.37. The van der Waals surface area contributed by atoms with Crippen molar-refractivity contribution in [3.63, 3.8) is 0 Å². The molecular formula is C19H28N2O2. The van der Waals surface area contributed by atoms with Crippen molar-refractivity contribution in [2.75, 3.05) is 27.2 Å². The van der Waals surface area contributed by atoms with Crippen LogP contribution in [0.4, 0.5) is 0 Å². The molecule has 2 aliphatic heterocycles. The first-order chi connectivity index (χ1) is 11.2. The number of carbonyl (C=O) groups is 1. The minimum Gasteiger partial charge on any atom is -0.497 e. The van der Waals surface area contributed by atoms with Crippen molar-refractivity contribution < 1.29 is 9.53 Å². The lowest BCUT2D eigenvalue weighted by atomic mass is 10.0. The lowest BCUT2D eigenvalue weighted by Gasteiger charge is -2.33. The van der Waals surface area contributed by atoms with Crippen LogP contribution in [0.3, 0.4) is 0 Å². The van der Waals surface area contributed by atoms with Gasteiger partial charge in [0.15, 0.2) is 0 Å². The second kappa shape index (κ2) is 7.35. The minimum atomic E-state index is 0.323. The van der Waals surface area contributed by atoms with E-state index >= 15 is 0 Å². The fraction of sp³-hybridized carbons (Fsp3) is 0.632. The predicted octanol–water partition coefficient (Wildman–Crippen LogP) is 2.71. The van der Waals surface area contributed by atoms with Gasteiger partial charge in [-0.2, -0.15) is 0 Å². The average Bonchev–Trinajstić information content (AvgIpc) is 3.21. The third-order valence-electron chi connectivity index (χ3n) is 5.43. The van der Waals surface area contributed by atoms with E-state index < -0.39 is 0 Å². The Balaban J connectivity index is 1.56. The largest absolute Gasteiger partial charge is 0.497 e. The zero-order chi connectivity index (χ0) is 16.2. The number of likely N-dealkylation sites (N-methyl/N-ethyl adjacent to an activating group) is 1. The molecule has 4 nitrogen and oxygen atoms in total. The lowest BCUT2D eigenvalue weighted by molar-refractivity contribution is -0.132. The maximum Gasteiger partial charge on any atom is 0.223 e. The summed E-state index contributed by atoms with van der Waals surface area (Å²) in [6, 6.07) is 9.04. The maximum atomic E-state index is 12.7. The number of ether oxygens (including phenoxy) is 1. The summed E-state index contributed by atoms with van der Waals surface area (Å²) in [5, 5.41) is 0. The molecular weight excluding hydrogens is 288 g/mol. The Bertz CT molecular complexity index is 529. The van der Waals surface area contributed by atoms with Crippen molar-refractivity contribution in [3.8, 4) is 5.75 Å². The molecule has 4 heteroatoms. The first-order valence-corrected chi connectivity index (χ1v) is 8.81. The number of rotatable bonds is 5. The highest BCUT2D eigenvalue weighted by Crippen LogP contribution is 2.29. The lowest BCUT2D eigenvalue weighted by Crippen LogP contribution is -2.47. The first kappa shape index (κ1) is 16.3. The Kier molecular flexibility index (Phi) is 5.21. The fourth-order valence-corrected chi connectivity index (χ4v) is 4.11. The molecule has 126 valence electrons. The summed E-state index contributed by atoms with van der Waals surface area (Å²) in [6.07, 6.45) is 6.26. The third kappa shape index (κ3) is 3.69. The Morgan fingerprint density at radius 1 is 1.13 bits per heavy atom. The number of likely N-dealkylation sites (tertiary alicyclic amines) is 2. The standard InChI is InChI=1S/C19H28N2O2/c1-20-13-3-5-17(20)18-6-4-14-21(18)19(22)12-9-15-7-10-16(23-2)11-8-15/h7-8,10-11,17-18H,3-6,9,12-14H2,1-2H3. The van der Waals surface area contributed by atoms with Gasteiger partial charge in [0, 0.05) is 25.0 Å². The number of methoxy groups -OCH3 is 1. The fourth-order valence-electron chi connectivity index (χ4n) is 4.11. The van der Waals surface area contributed by atoms with Crippen molar-refractivity contribution in [1.82, 2.24) is 9.80 Å². The van der Waals surface area contributed by atoms with E-state index in [1.807, 2.05) is 12.1 Å². The van der Waals surface area contributed by atoms with Crippen LogP contribution in [0.1, 0.15) is 37.7 Å². The van der Waals surface area contributed by atoms with Crippen LogP contribution >= 0.6 is 0 Å². The van der Waals surface area contributed by atoms with E-state index in [4.69, 9.17) is 4.74 Å². The number of amides is 1. The molecule has 0 N–H and O–H groups in total. The van der Waals surface area contributed by atoms with Crippen LogP contribution < -0.4 is 4.74 Å². The first-order valence-electron chi connectivity index (χ1n) is 8.81. The Labute approximate surface area is 139 Å². The van der Waals surface area contributed by atoms with Crippen LogP contribution in [0.5, 0.6) is 5.75 Å². The van der Waals surface area contributed by atoms with E-state index in [2.05, 4.69) is 29.0 Å². The zero-order valence-corrected chi connectivity index (χ0v) is 14.3. The van der Waals surface area contributed by atoms with Gasteiger partial charge in [0.05, 0.1) is 7.11 Å². The minimum absolute atomic E-state index is 0.323. The molecule has 0 aromatic heterocycles. The SMILES string of the molecule is COc1ccc(CCC(=O)N2CCCC2C2CCCN2C)cc1. The molecule has 2 saturated heterocycles. The van der Waals surface area contributed by atoms with Crippen LogP contribution in [-0.4, -0.2) is 55.0 Å². The highest BCUT2D eigenvalue weighted by molar-refractivity contribution is 5.77. The molecule has 0 saturated carbocycles. The quantitative estimate of drug-likeness (QED) is 0.837. The Hall–Kier alpha value is -1.55. The molecule has 2 aliphatic rings. The number of aryl methyl sites for hydroxylation is 1. The summed E-state index contributed by atoms with van der Waals surface area (Å²) >= 11 is 0. The van der Waals surface area contributed by atoms with E-state index in [1.54, 1.807) is 7.11 Å². The summed E-state index contributed by atoms with van der Waals surface area (Å²) in [5.74, 6) is 1.19. The Morgan fingerprint density at radius 3 is 2.48 bits per heavy atom. The van der Waals surface area contributed by atoms with Gasteiger partial charge >= 0.3 is 0 Å². The van der Waals surface area contributed by atoms with E-state index in [0.717, 1.165) is 25.1 Å². The molecule has 1 aromatic rings. The second-order valence-corrected chi connectivity index (χ2v) is 6.83. The molecule has 1 amide bonds. The molecule has 0 spiro atoms. The van der Waals surface area contributed by atoms with Crippen LogP contribution in [0, 0.1) is 0 Å². The van der Waals surface area contributed by atoms with Gasteiger partial charge in [0.25, 0.3) is 0 Å². The normalized spacial score (nSPS) is 25.0. The third-order valence-corrected chi connectivity index (χ3v) is 5.43. The highest BCUT2D eigenvalue weighted by atomic mass is 16.5. The molecule has 0 aliphatic carbocycles. The van der Waals surface area contributed by atoms with E-state index in [0.29, 0.717) is 24.4 Å². The smallest absolute Gasteiger partial charge is 0.223 e. The molecule has 1 aromatic carbocycles. The van der Waals surface area contributed by atoms with Crippen molar-refractivity contribution in [3.05, 3.63) is 29.8 Å². The van der Waals surface area contributed by atoms with E-state index in [9.17, 15) is 4.79 Å². The Morgan fingerprint density at radius 2 is 1.83 bits per heavy atom. The zero-order valence-electron chi connectivity index (χ0n) is 14.3. The predicted molar refractivity (Wildman–Crippen MR) is 91.7 cm³/mol. The molecule has 0 radical (unpaired) electrons. The van der Waals surface area contributed by atoms with Gasteiger partial charge in [-0.15, -0.1) is 0 Å². The summed E-state index contributed by atoms with van der Waals surface area (Å²) in [6.45, 7) is 2.12. The van der Waals surface area contributed by atoms with Crippen LogP contribution in [-0.2, 0) is 11.2 Å². The molecule has 2 heterocycles. The number of nitrogens with zero attached hydrogens (tertiary/aromatic N) is 2. The maximum absolute atomic E-state index is 12.7. The summed E-state index contributed by atoms with van der Waals surface area (Å²) in [4.78, 5) is 17.3. The van der Waals surface area contributed by atoms with Crippen molar-refractivity contribution in [2.24, 2.45) is 0 Å². The topological polar surface area (TPSA) is 32.8 Å². The number of hydrogen-bond donors (Lipinski definition) is 0. The van der Waals surface area contributed by atoms with Gasteiger partial charge in [-0.3, -0.25) is 4.79 Å².